The second kappa shape index (κ2) is 5.48. The lowest BCUT2D eigenvalue weighted by Gasteiger charge is -2.41. The maximum absolute atomic E-state index is 3.58. The maximum Gasteiger partial charge on any atom is 0.0166 e. The van der Waals surface area contributed by atoms with Gasteiger partial charge in [0.1, 0.15) is 0 Å². The van der Waals surface area contributed by atoms with Crippen LogP contribution in [-0.2, 0) is 0 Å². The van der Waals surface area contributed by atoms with E-state index >= 15 is 0 Å². The minimum absolute atomic E-state index is 0.664. The van der Waals surface area contributed by atoms with Gasteiger partial charge in [-0.05, 0) is 59.8 Å². The van der Waals surface area contributed by atoms with E-state index in [1.165, 1.54) is 45.4 Å². The summed E-state index contributed by atoms with van der Waals surface area (Å²) in [6.45, 7) is 9.67. The number of piperidine rings is 1. The van der Waals surface area contributed by atoms with Gasteiger partial charge in [0, 0.05) is 24.7 Å². The van der Waals surface area contributed by atoms with E-state index in [9.17, 15) is 0 Å². The van der Waals surface area contributed by atoms with E-state index in [0.717, 1.165) is 12.1 Å². The highest BCUT2D eigenvalue weighted by molar-refractivity contribution is 4.86. The second-order valence-corrected chi connectivity index (χ2v) is 5.71. The van der Waals surface area contributed by atoms with Crippen molar-refractivity contribution in [2.45, 2.75) is 51.2 Å². The van der Waals surface area contributed by atoms with Crippen molar-refractivity contribution in [3.05, 3.63) is 0 Å². The van der Waals surface area contributed by atoms with Gasteiger partial charge in [-0.3, -0.25) is 4.90 Å². The van der Waals surface area contributed by atoms with Crippen LogP contribution in [0.4, 0.5) is 0 Å². The van der Waals surface area contributed by atoms with E-state index in [1.807, 2.05) is 0 Å². The Labute approximate surface area is 100 Å². The third-order valence-corrected chi connectivity index (χ3v) is 4.32. The van der Waals surface area contributed by atoms with Crippen molar-refractivity contribution < 1.29 is 0 Å². The van der Waals surface area contributed by atoms with Crippen LogP contribution in [0.25, 0.3) is 0 Å². The summed E-state index contributed by atoms with van der Waals surface area (Å²) in [5, 5.41) is 3.58. The minimum Gasteiger partial charge on any atom is -0.313 e. The van der Waals surface area contributed by atoms with E-state index in [-0.39, 0.29) is 0 Å². The number of nitrogens with one attached hydrogen (secondary N) is 1. The third kappa shape index (κ3) is 2.96. The van der Waals surface area contributed by atoms with Crippen molar-refractivity contribution in [1.82, 2.24) is 15.1 Å². The van der Waals surface area contributed by atoms with Gasteiger partial charge in [0.05, 0.1) is 0 Å². The maximum atomic E-state index is 3.58. The summed E-state index contributed by atoms with van der Waals surface area (Å²) in [4.78, 5) is 5.23. The molecule has 2 rings (SSSR count). The van der Waals surface area contributed by atoms with Crippen LogP contribution < -0.4 is 5.32 Å². The van der Waals surface area contributed by atoms with Crippen molar-refractivity contribution in [1.29, 1.82) is 0 Å². The van der Waals surface area contributed by atoms with Crippen molar-refractivity contribution in [2.24, 2.45) is 0 Å². The molecule has 2 heterocycles. The van der Waals surface area contributed by atoms with Gasteiger partial charge in [-0.1, -0.05) is 0 Å². The molecule has 0 spiro atoms. The van der Waals surface area contributed by atoms with E-state index < -0.39 is 0 Å². The Hall–Kier alpha value is -0.120. The Bertz CT molecular complexity index is 219. The third-order valence-electron chi connectivity index (χ3n) is 4.32. The molecule has 2 aliphatic heterocycles. The van der Waals surface area contributed by atoms with Gasteiger partial charge in [-0.25, -0.2) is 0 Å². The first-order chi connectivity index (χ1) is 7.66. The topological polar surface area (TPSA) is 18.5 Å². The van der Waals surface area contributed by atoms with Gasteiger partial charge >= 0.3 is 0 Å². The quantitative estimate of drug-likeness (QED) is 0.722. The van der Waals surface area contributed by atoms with Crippen molar-refractivity contribution >= 4 is 0 Å². The van der Waals surface area contributed by atoms with Gasteiger partial charge in [0.25, 0.3) is 0 Å². The summed E-state index contributed by atoms with van der Waals surface area (Å²) in [5.74, 6) is 0. The van der Waals surface area contributed by atoms with Gasteiger partial charge < -0.3 is 10.2 Å². The highest BCUT2D eigenvalue weighted by atomic mass is 15.2. The van der Waals surface area contributed by atoms with Gasteiger partial charge in [-0.15, -0.1) is 0 Å². The normalized spacial score (nSPS) is 39.6. The van der Waals surface area contributed by atoms with Crippen LogP contribution in [0.3, 0.4) is 0 Å². The zero-order chi connectivity index (χ0) is 11.5. The van der Waals surface area contributed by atoms with Gasteiger partial charge in [0.2, 0.25) is 0 Å². The fourth-order valence-electron chi connectivity index (χ4n) is 3.07. The highest BCUT2D eigenvalue weighted by Crippen LogP contribution is 2.21. The van der Waals surface area contributed by atoms with Crippen molar-refractivity contribution in [3.63, 3.8) is 0 Å². The lowest BCUT2D eigenvalue weighted by atomic mass is 9.97. The number of rotatable bonds is 1. The van der Waals surface area contributed by atoms with Crippen LogP contribution in [0.1, 0.15) is 33.1 Å². The molecular formula is C13H27N3. The molecule has 0 bridgehead atoms. The van der Waals surface area contributed by atoms with Gasteiger partial charge in [0.15, 0.2) is 0 Å². The first-order valence-electron chi connectivity index (χ1n) is 6.84. The first kappa shape index (κ1) is 12.3. The molecule has 1 N–H and O–H groups in total. The smallest absolute Gasteiger partial charge is 0.0166 e. The molecule has 16 heavy (non-hydrogen) atoms. The molecule has 3 unspecified atom stereocenters. The summed E-state index contributed by atoms with van der Waals surface area (Å²) in [6, 6.07) is 2.25. The zero-order valence-corrected chi connectivity index (χ0v) is 11.1. The minimum atomic E-state index is 0.664. The van der Waals surface area contributed by atoms with E-state index in [0.29, 0.717) is 6.04 Å². The summed E-state index contributed by atoms with van der Waals surface area (Å²) in [7, 11) is 2.26. The molecule has 0 amide bonds. The second-order valence-electron chi connectivity index (χ2n) is 5.71. The molecule has 0 saturated carbocycles. The Morgan fingerprint density at radius 1 is 1.19 bits per heavy atom. The number of likely N-dealkylation sites (tertiary alicyclic amines) is 1. The summed E-state index contributed by atoms with van der Waals surface area (Å²) in [6.07, 6.45) is 4.02. The predicted octanol–water partition coefficient (Wildman–Crippen LogP) is 1.15. The molecule has 2 aliphatic rings. The average molecular weight is 225 g/mol. The Morgan fingerprint density at radius 2 is 2.00 bits per heavy atom. The Morgan fingerprint density at radius 3 is 2.75 bits per heavy atom. The van der Waals surface area contributed by atoms with Crippen LogP contribution >= 0.6 is 0 Å². The molecule has 0 aromatic carbocycles. The molecule has 3 atom stereocenters. The van der Waals surface area contributed by atoms with E-state index in [2.05, 4.69) is 36.0 Å². The van der Waals surface area contributed by atoms with Crippen LogP contribution in [0.15, 0.2) is 0 Å². The average Bonchev–Trinajstić information content (AvgIpc) is 2.47. The molecule has 0 aromatic rings. The summed E-state index contributed by atoms with van der Waals surface area (Å²) in [5.41, 5.74) is 0. The molecule has 0 aromatic heterocycles. The van der Waals surface area contributed by atoms with Crippen LogP contribution in [-0.4, -0.2) is 61.2 Å². The zero-order valence-electron chi connectivity index (χ0n) is 11.1. The number of hydrogen-bond donors (Lipinski definition) is 1. The summed E-state index contributed by atoms with van der Waals surface area (Å²) < 4.78 is 0. The molecule has 2 fully saturated rings. The lowest BCUT2D eigenvalue weighted by Crippen LogP contribution is -2.49. The fourth-order valence-corrected chi connectivity index (χ4v) is 3.07. The largest absolute Gasteiger partial charge is 0.313 e. The molecule has 0 radical (unpaired) electrons. The standard InChI is InChI=1S/C13H27N3/c1-11-10-16(7-4-6-14-11)13-5-8-15(3)12(2)9-13/h11-14H,4-10H2,1-3H3. The Balaban J connectivity index is 1.90. The molecule has 94 valence electrons. The van der Waals surface area contributed by atoms with Crippen LogP contribution in [0.2, 0.25) is 0 Å². The molecule has 3 nitrogen and oxygen atoms in total. The van der Waals surface area contributed by atoms with Crippen LogP contribution in [0.5, 0.6) is 0 Å². The summed E-state index contributed by atoms with van der Waals surface area (Å²) >= 11 is 0. The fraction of sp³-hybridized carbons (Fsp3) is 1.00. The lowest BCUT2D eigenvalue weighted by molar-refractivity contribution is 0.0877. The van der Waals surface area contributed by atoms with Gasteiger partial charge in [-0.2, -0.15) is 0 Å². The SMILES string of the molecule is CC1CN(C2CCN(C)C(C)C2)CCCN1. The molecule has 0 aliphatic carbocycles. The van der Waals surface area contributed by atoms with Crippen molar-refractivity contribution in [2.75, 3.05) is 33.2 Å². The monoisotopic (exact) mass is 225 g/mol. The van der Waals surface area contributed by atoms with E-state index in [1.54, 1.807) is 0 Å². The highest BCUT2D eigenvalue weighted by Gasteiger charge is 2.28. The Kier molecular flexibility index (Phi) is 4.22. The van der Waals surface area contributed by atoms with Crippen molar-refractivity contribution in [3.8, 4) is 0 Å². The van der Waals surface area contributed by atoms with E-state index in [4.69, 9.17) is 0 Å². The number of nitrogens with zero attached hydrogens (tertiary/aromatic N) is 2. The molecule has 3 heteroatoms. The predicted molar refractivity (Wildman–Crippen MR) is 68.8 cm³/mol. The molecular weight excluding hydrogens is 198 g/mol. The number of hydrogen-bond acceptors (Lipinski definition) is 3. The first-order valence-corrected chi connectivity index (χ1v) is 6.84. The van der Waals surface area contributed by atoms with Crippen LogP contribution in [0, 0.1) is 0 Å². The molecule has 2 saturated heterocycles.